The number of para-hydroxylation sites is 1. The minimum Gasteiger partial charge on any atom is -0.488 e. The van der Waals surface area contributed by atoms with Gasteiger partial charge in [-0.1, -0.05) is 83.3 Å². The van der Waals surface area contributed by atoms with Crippen LogP contribution in [-0.4, -0.2) is 15.9 Å². The van der Waals surface area contributed by atoms with Crippen molar-refractivity contribution >= 4 is 73.7 Å². The summed E-state index contributed by atoms with van der Waals surface area (Å²) in [5.74, 6) is 1.22. The molecular formula is C34H20Cl3N3O3. The van der Waals surface area contributed by atoms with E-state index in [2.05, 4.69) is 0 Å². The van der Waals surface area contributed by atoms with E-state index in [-0.39, 0.29) is 18.0 Å². The average molecular weight is 625 g/mol. The van der Waals surface area contributed by atoms with Crippen molar-refractivity contribution in [2.75, 3.05) is 0 Å². The lowest BCUT2D eigenvalue weighted by Gasteiger charge is -2.13. The molecule has 0 spiro atoms. The number of nitrogens with zero attached hydrogens (tertiary/aromatic N) is 3. The molecule has 0 amide bonds. The predicted molar refractivity (Wildman–Crippen MR) is 174 cm³/mol. The van der Waals surface area contributed by atoms with Gasteiger partial charge in [0.15, 0.2) is 5.76 Å². The summed E-state index contributed by atoms with van der Waals surface area (Å²) in [5.41, 5.74) is 2.36. The van der Waals surface area contributed by atoms with Crippen LogP contribution in [0.25, 0.3) is 44.2 Å². The molecule has 0 atom stereocenters. The van der Waals surface area contributed by atoms with Crippen LogP contribution < -0.4 is 10.3 Å². The second kappa shape index (κ2) is 11.2. The fraction of sp³-hybridized carbons (Fsp3) is 0.0294. The van der Waals surface area contributed by atoms with Crippen LogP contribution in [0.1, 0.15) is 11.1 Å². The number of hydrogen-bond acceptors (Lipinski definition) is 5. The first kappa shape index (κ1) is 27.2. The van der Waals surface area contributed by atoms with Crippen molar-refractivity contribution in [3.63, 3.8) is 0 Å². The molecule has 9 heteroatoms. The van der Waals surface area contributed by atoms with Crippen LogP contribution >= 0.6 is 34.8 Å². The Balaban J connectivity index is 1.37. The van der Waals surface area contributed by atoms with Gasteiger partial charge in [-0.3, -0.25) is 4.79 Å². The highest BCUT2D eigenvalue weighted by Gasteiger charge is 2.17. The molecule has 43 heavy (non-hydrogen) atoms. The number of aromatic nitrogens is 2. The Kier molecular flexibility index (Phi) is 7.11. The maximum Gasteiger partial charge on any atom is 0.282 e. The highest BCUT2D eigenvalue weighted by atomic mass is 35.5. The molecule has 7 rings (SSSR count). The molecule has 0 radical (unpaired) electrons. The Hall–Kier alpha value is -4.62. The van der Waals surface area contributed by atoms with Crippen molar-refractivity contribution in [1.82, 2.24) is 9.66 Å². The first-order valence-electron chi connectivity index (χ1n) is 13.3. The van der Waals surface area contributed by atoms with Gasteiger partial charge in [-0.2, -0.15) is 9.78 Å². The molecule has 0 aliphatic heterocycles. The van der Waals surface area contributed by atoms with E-state index < -0.39 is 0 Å². The monoisotopic (exact) mass is 623 g/mol. The van der Waals surface area contributed by atoms with E-state index in [0.717, 1.165) is 21.7 Å². The number of benzene rings is 5. The average Bonchev–Trinajstić information content (AvgIpc) is 3.44. The van der Waals surface area contributed by atoms with E-state index >= 15 is 0 Å². The van der Waals surface area contributed by atoms with Gasteiger partial charge in [0, 0.05) is 16.0 Å². The van der Waals surface area contributed by atoms with Crippen LogP contribution in [0.4, 0.5) is 0 Å². The SMILES string of the molecule is O=c1c2ccccc2nc(-c2cc3cc(Cl)ccc3o2)n1N=Cc1c(OCc2ccc(Cl)c(Cl)c2)ccc2ccccc12. The summed E-state index contributed by atoms with van der Waals surface area (Å²) in [7, 11) is 0. The van der Waals surface area contributed by atoms with Crippen LogP contribution in [0.5, 0.6) is 5.75 Å². The number of rotatable bonds is 6. The summed E-state index contributed by atoms with van der Waals surface area (Å²) < 4.78 is 13.6. The van der Waals surface area contributed by atoms with E-state index in [9.17, 15) is 4.79 Å². The molecule has 0 aliphatic carbocycles. The lowest BCUT2D eigenvalue weighted by Crippen LogP contribution is -2.20. The van der Waals surface area contributed by atoms with E-state index in [1.54, 1.807) is 60.8 Å². The lowest BCUT2D eigenvalue weighted by atomic mass is 10.0. The summed E-state index contributed by atoms with van der Waals surface area (Å²) >= 11 is 18.5. The van der Waals surface area contributed by atoms with Crippen LogP contribution in [0.3, 0.4) is 0 Å². The highest BCUT2D eigenvalue weighted by Crippen LogP contribution is 2.31. The minimum atomic E-state index is -0.339. The number of ether oxygens (including phenoxy) is 1. The summed E-state index contributed by atoms with van der Waals surface area (Å²) in [4.78, 5) is 18.6. The van der Waals surface area contributed by atoms with Crippen LogP contribution in [-0.2, 0) is 6.61 Å². The third-order valence-corrected chi connectivity index (χ3v) is 8.04. The summed E-state index contributed by atoms with van der Waals surface area (Å²) in [6.45, 7) is 0.250. The largest absolute Gasteiger partial charge is 0.488 e. The third kappa shape index (κ3) is 5.25. The Morgan fingerprint density at radius 3 is 2.49 bits per heavy atom. The Morgan fingerprint density at radius 1 is 0.814 bits per heavy atom. The van der Waals surface area contributed by atoms with Gasteiger partial charge in [-0.25, -0.2) is 4.98 Å². The fourth-order valence-corrected chi connectivity index (χ4v) is 5.46. The van der Waals surface area contributed by atoms with Gasteiger partial charge in [0.1, 0.15) is 17.9 Å². The van der Waals surface area contributed by atoms with E-state index in [1.807, 2.05) is 48.5 Å². The Labute approximate surface area is 260 Å². The van der Waals surface area contributed by atoms with Gasteiger partial charge < -0.3 is 9.15 Å². The standard InChI is InChI=1S/C34H20Cl3N3O3/c35-23-11-14-30-22(16-23)17-32(43-30)33-39-29-8-4-3-7-25(29)34(41)40(33)38-18-26-24-6-2-1-5-21(24)10-13-31(26)42-19-20-9-12-27(36)28(37)15-20/h1-18H,19H2. The number of hydrogen-bond donors (Lipinski definition) is 0. The molecule has 0 fully saturated rings. The minimum absolute atomic E-state index is 0.250. The Morgan fingerprint density at radius 2 is 1.63 bits per heavy atom. The van der Waals surface area contributed by atoms with E-state index in [1.165, 1.54) is 4.68 Å². The van der Waals surface area contributed by atoms with Gasteiger partial charge in [0.2, 0.25) is 5.82 Å². The molecular weight excluding hydrogens is 605 g/mol. The molecule has 0 saturated heterocycles. The van der Waals surface area contributed by atoms with Gasteiger partial charge in [0.25, 0.3) is 5.56 Å². The van der Waals surface area contributed by atoms with Crippen molar-refractivity contribution in [2.24, 2.45) is 5.10 Å². The second-order valence-electron chi connectivity index (χ2n) is 9.84. The maximum atomic E-state index is 13.8. The van der Waals surface area contributed by atoms with Crippen molar-refractivity contribution in [2.45, 2.75) is 6.61 Å². The van der Waals surface area contributed by atoms with Crippen LogP contribution in [0, 0.1) is 0 Å². The van der Waals surface area contributed by atoms with Gasteiger partial charge >= 0.3 is 0 Å². The molecule has 0 bridgehead atoms. The molecule has 2 aromatic heterocycles. The predicted octanol–water partition coefficient (Wildman–Crippen LogP) is 9.38. The second-order valence-corrected chi connectivity index (χ2v) is 11.1. The molecule has 2 heterocycles. The molecule has 0 unspecified atom stereocenters. The van der Waals surface area contributed by atoms with Gasteiger partial charge in [0.05, 0.1) is 27.2 Å². The zero-order valence-corrected chi connectivity index (χ0v) is 24.6. The third-order valence-electron chi connectivity index (χ3n) is 7.06. The zero-order chi connectivity index (χ0) is 29.5. The van der Waals surface area contributed by atoms with Gasteiger partial charge in [-0.15, -0.1) is 0 Å². The number of halogens is 3. The number of fused-ring (bicyclic) bond motifs is 3. The van der Waals surface area contributed by atoms with Crippen LogP contribution in [0.2, 0.25) is 15.1 Å². The Bertz CT molecular complexity index is 2270. The van der Waals surface area contributed by atoms with Gasteiger partial charge in [-0.05, 0) is 70.9 Å². The molecule has 7 aromatic rings. The van der Waals surface area contributed by atoms with Crippen LogP contribution in [0.15, 0.2) is 117 Å². The molecule has 5 aromatic carbocycles. The van der Waals surface area contributed by atoms with Crippen molar-refractivity contribution in [3.8, 4) is 17.3 Å². The lowest BCUT2D eigenvalue weighted by molar-refractivity contribution is 0.306. The molecule has 0 N–H and O–H groups in total. The van der Waals surface area contributed by atoms with Crippen molar-refractivity contribution < 1.29 is 9.15 Å². The maximum absolute atomic E-state index is 13.8. The fourth-order valence-electron chi connectivity index (χ4n) is 4.96. The topological polar surface area (TPSA) is 69.6 Å². The quantitative estimate of drug-likeness (QED) is 0.173. The summed E-state index contributed by atoms with van der Waals surface area (Å²) in [6.07, 6.45) is 1.62. The first-order valence-corrected chi connectivity index (χ1v) is 14.4. The molecule has 0 saturated carbocycles. The highest BCUT2D eigenvalue weighted by molar-refractivity contribution is 6.42. The molecule has 210 valence electrons. The zero-order valence-electron chi connectivity index (χ0n) is 22.3. The van der Waals surface area contributed by atoms with E-state index in [4.69, 9.17) is 54.0 Å². The summed E-state index contributed by atoms with van der Waals surface area (Å²) in [5, 5.41) is 9.30. The smallest absolute Gasteiger partial charge is 0.282 e. The summed E-state index contributed by atoms with van der Waals surface area (Å²) in [6, 6.07) is 31.4. The van der Waals surface area contributed by atoms with Crippen molar-refractivity contribution in [3.05, 3.63) is 140 Å². The van der Waals surface area contributed by atoms with Crippen molar-refractivity contribution in [1.29, 1.82) is 0 Å². The normalized spacial score (nSPS) is 11.7. The van der Waals surface area contributed by atoms with E-state index in [0.29, 0.717) is 48.6 Å². The molecule has 0 aliphatic rings. The first-order chi connectivity index (χ1) is 20.9. The molecule has 6 nitrogen and oxygen atoms in total. The number of furan rings is 1.